The number of carbonyl (C=O) groups excluding carboxylic acids is 3. The molecule has 0 aromatic heterocycles. The van der Waals surface area contributed by atoms with E-state index in [0.29, 0.717) is 13.2 Å². The molecule has 41 heavy (non-hydrogen) atoms. The summed E-state index contributed by atoms with van der Waals surface area (Å²) in [6.07, 6.45) is -4.44. The third-order valence-electron chi connectivity index (χ3n) is 5.62. The highest BCUT2D eigenvalue weighted by Gasteiger charge is 2.41. The van der Waals surface area contributed by atoms with E-state index in [-0.39, 0.29) is 28.7 Å². The summed E-state index contributed by atoms with van der Waals surface area (Å²) in [5, 5.41) is 24.5. The highest BCUT2D eigenvalue weighted by molar-refractivity contribution is 5.95. The Kier molecular flexibility index (Phi) is 12.0. The van der Waals surface area contributed by atoms with Crippen molar-refractivity contribution in [2.75, 3.05) is 19.7 Å². The van der Waals surface area contributed by atoms with Gasteiger partial charge in [0.1, 0.15) is 6.04 Å². The number of ether oxygens (including phenoxy) is 3. The molecule has 222 valence electrons. The lowest BCUT2D eigenvalue weighted by Gasteiger charge is -2.27. The normalized spacial score (nSPS) is 16.2. The van der Waals surface area contributed by atoms with Gasteiger partial charge in [-0.3, -0.25) is 4.79 Å². The summed E-state index contributed by atoms with van der Waals surface area (Å²) in [5.74, 6) is -5.58. The van der Waals surface area contributed by atoms with Crippen molar-refractivity contribution in [2.45, 2.75) is 58.5 Å². The number of hydrogen-bond donors (Lipinski definition) is 4. The number of carboxylic acid groups (broad SMARTS) is 2. The van der Waals surface area contributed by atoms with Crippen LogP contribution in [0.4, 0.5) is 0 Å². The van der Waals surface area contributed by atoms with Crippen LogP contribution < -0.4 is 10.6 Å². The van der Waals surface area contributed by atoms with Gasteiger partial charge in [-0.15, -0.1) is 0 Å². The minimum atomic E-state index is -2.22. The Morgan fingerprint density at radius 3 is 1.56 bits per heavy atom. The number of aliphatic carboxylic acids is 2. The Bertz CT molecular complexity index is 1140. The first-order valence-corrected chi connectivity index (χ1v) is 12.8. The average Bonchev–Trinajstić information content (AvgIpc) is 2.90. The molecule has 0 bridgehead atoms. The zero-order chi connectivity index (χ0) is 30.7. The van der Waals surface area contributed by atoms with Gasteiger partial charge in [-0.2, -0.15) is 0 Å². The standard InChI is InChI=1S/C20H18O8.C9H18N2O2/c1-11-3-7-13(8-4-11)19(25)27-15(17(21)22)16(18(23)24)28-20(26)14-9-5-12(2)6-10-14;1-9(2,3)13-6-7-8(12)11-5-4-10-7/h3-10,15-16H,1-2H3,(H,21,22)(H,23,24);7,10H,4-6H2,1-3H3,(H,11,12). The van der Waals surface area contributed by atoms with Gasteiger partial charge < -0.3 is 35.1 Å². The average molecular weight is 573 g/mol. The maximum atomic E-state index is 12.2. The molecule has 0 aliphatic carbocycles. The monoisotopic (exact) mass is 572 g/mol. The minimum Gasteiger partial charge on any atom is -0.478 e. The molecule has 0 spiro atoms. The molecule has 2 aromatic rings. The Morgan fingerprint density at radius 1 is 0.805 bits per heavy atom. The minimum absolute atomic E-state index is 0.0332. The fourth-order valence-corrected chi connectivity index (χ4v) is 3.35. The van der Waals surface area contributed by atoms with Crippen LogP contribution in [0, 0.1) is 13.8 Å². The second-order valence-corrected chi connectivity index (χ2v) is 10.3. The molecule has 12 heteroatoms. The van der Waals surface area contributed by atoms with Gasteiger partial charge in [0.05, 0.1) is 23.3 Å². The number of aryl methyl sites for hydroxylation is 2. The van der Waals surface area contributed by atoms with E-state index in [0.717, 1.165) is 17.7 Å². The molecule has 1 heterocycles. The van der Waals surface area contributed by atoms with Gasteiger partial charge in [-0.25, -0.2) is 19.2 Å². The highest BCUT2D eigenvalue weighted by Crippen LogP contribution is 2.14. The molecule has 1 saturated heterocycles. The van der Waals surface area contributed by atoms with Crippen molar-refractivity contribution < 1.29 is 48.4 Å². The lowest BCUT2D eigenvalue weighted by molar-refractivity contribution is -0.166. The molecule has 1 amide bonds. The number of piperazine rings is 1. The first-order chi connectivity index (χ1) is 19.2. The van der Waals surface area contributed by atoms with Gasteiger partial charge in [0.25, 0.3) is 0 Å². The second kappa shape index (κ2) is 14.9. The number of nitrogens with one attached hydrogen (secondary N) is 2. The second-order valence-electron chi connectivity index (χ2n) is 10.3. The first-order valence-electron chi connectivity index (χ1n) is 12.8. The SMILES string of the molecule is CC(C)(C)OCC1NCCNC1=O.Cc1ccc(C(=O)OC(C(=O)O)C(OC(=O)c2ccc(C)cc2)C(=O)O)cc1. The molecule has 3 atom stereocenters. The number of amides is 1. The van der Waals surface area contributed by atoms with Crippen LogP contribution in [0.25, 0.3) is 0 Å². The number of carbonyl (C=O) groups is 5. The summed E-state index contributed by atoms with van der Waals surface area (Å²) in [5.41, 5.74) is 1.61. The molecule has 1 aliphatic heterocycles. The Hall–Kier alpha value is -4.29. The van der Waals surface area contributed by atoms with Gasteiger partial charge in [0.2, 0.25) is 18.1 Å². The van der Waals surface area contributed by atoms with Crippen LogP contribution in [0.5, 0.6) is 0 Å². The summed E-state index contributed by atoms with van der Waals surface area (Å²) < 4.78 is 15.2. The van der Waals surface area contributed by atoms with Gasteiger partial charge in [0.15, 0.2) is 0 Å². The number of esters is 2. The summed E-state index contributed by atoms with van der Waals surface area (Å²) in [6.45, 7) is 11.5. The van der Waals surface area contributed by atoms with Crippen LogP contribution >= 0.6 is 0 Å². The molecular weight excluding hydrogens is 536 g/mol. The quantitative estimate of drug-likeness (QED) is 0.324. The van der Waals surface area contributed by atoms with E-state index in [9.17, 15) is 34.2 Å². The van der Waals surface area contributed by atoms with Gasteiger partial charge >= 0.3 is 23.9 Å². The first kappa shape index (κ1) is 32.9. The van der Waals surface area contributed by atoms with E-state index < -0.39 is 36.1 Å². The number of rotatable bonds is 9. The molecule has 1 aliphatic rings. The molecule has 3 unspecified atom stereocenters. The predicted molar refractivity (Wildman–Crippen MR) is 147 cm³/mol. The third kappa shape index (κ3) is 11.0. The van der Waals surface area contributed by atoms with Crippen molar-refractivity contribution in [3.05, 3.63) is 70.8 Å². The zero-order valence-corrected chi connectivity index (χ0v) is 23.6. The largest absolute Gasteiger partial charge is 0.478 e. The molecular formula is C29H36N2O10. The van der Waals surface area contributed by atoms with E-state index in [1.54, 1.807) is 38.1 Å². The molecule has 1 fully saturated rings. The molecule has 4 N–H and O–H groups in total. The summed E-state index contributed by atoms with van der Waals surface area (Å²) in [7, 11) is 0. The molecule has 12 nitrogen and oxygen atoms in total. The van der Waals surface area contributed by atoms with Crippen LogP contribution in [-0.2, 0) is 28.6 Å². The molecule has 0 saturated carbocycles. The van der Waals surface area contributed by atoms with E-state index in [1.807, 2.05) is 20.8 Å². The highest BCUT2D eigenvalue weighted by atomic mass is 16.6. The van der Waals surface area contributed by atoms with Gasteiger partial charge in [0, 0.05) is 13.1 Å². The number of hydrogen-bond acceptors (Lipinski definition) is 9. The Labute approximate surface area is 238 Å². The summed E-state index contributed by atoms with van der Waals surface area (Å²) in [6, 6.07) is 11.9. The van der Waals surface area contributed by atoms with Crippen LogP contribution in [-0.4, -0.2) is 83.5 Å². The smallest absolute Gasteiger partial charge is 0.349 e. The van der Waals surface area contributed by atoms with Crippen LogP contribution in [0.3, 0.4) is 0 Å². The van der Waals surface area contributed by atoms with Crippen molar-refractivity contribution in [3.8, 4) is 0 Å². The van der Waals surface area contributed by atoms with Crippen molar-refractivity contribution >= 4 is 29.8 Å². The van der Waals surface area contributed by atoms with Crippen molar-refractivity contribution in [3.63, 3.8) is 0 Å². The maximum Gasteiger partial charge on any atom is 0.349 e. The topological polar surface area (TPSA) is 178 Å². The maximum absolute atomic E-state index is 12.2. The van der Waals surface area contributed by atoms with Gasteiger partial charge in [-0.05, 0) is 58.9 Å². The zero-order valence-electron chi connectivity index (χ0n) is 23.6. The fraction of sp³-hybridized carbons (Fsp3) is 0.414. The summed E-state index contributed by atoms with van der Waals surface area (Å²) >= 11 is 0. The molecule has 2 aromatic carbocycles. The fourth-order valence-electron chi connectivity index (χ4n) is 3.35. The predicted octanol–water partition coefficient (Wildman–Crippen LogP) is 2.11. The van der Waals surface area contributed by atoms with E-state index in [4.69, 9.17) is 14.2 Å². The Balaban J connectivity index is 0.000000377. The lowest BCUT2D eigenvalue weighted by Crippen LogP contribution is -2.55. The van der Waals surface area contributed by atoms with Crippen molar-refractivity contribution in [1.82, 2.24) is 10.6 Å². The van der Waals surface area contributed by atoms with Crippen LogP contribution in [0.2, 0.25) is 0 Å². The molecule has 0 radical (unpaired) electrons. The van der Waals surface area contributed by atoms with Crippen molar-refractivity contribution in [1.29, 1.82) is 0 Å². The number of carboxylic acids is 2. The molecule has 3 rings (SSSR count). The van der Waals surface area contributed by atoms with E-state index >= 15 is 0 Å². The van der Waals surface area contributed by atoms with E-state index in [2.05, 4.69) is 10.6 Å². The summed E-state index contributed by atoms with van der Waals surface area (Å²) in [4.78, 5) is 58.6. The van der Waals surface area contributed by atoms with E-state index in [1.165, 1.54) is 24.3 Å². The lowest BCUT2D eigenvalue weighted by atomic mass is 10.1. The Morgan fingerprint density at radius 2 is 1.22 bits per heavy atom. The van der Waals surface area contributed by atoms with Crippen molar-refractivity contribution in [2.24, 2.45) is 0 Å². The van der Waals surface area contributed by atoms with Crippen LogP contribution in [0.15, 0.2) is 48.5 Å². The number of benzene rings is 2. The third-order valence-corrected chi connectivity index (χ3v) is 5.62. The van der Waals surface area contributed by atoms with Crippen LogP contribution in [0.1, 0.15) is 52.6 Å². The van der Waals surface area contributed by atoms with Gasteiger partial charge in [-0.1, -0.05) is 35.4 Å².